The molecular weight excluding hydrogens is 124 g/mol. The fraction of sp³-hybridized carbons (Fsp3) is 0.333. The Balaban J connectivity index is 2.84. The van der Waals surface area contributed by atoms with Crippen LogP contribution >= 0.6 is 12.6 Å². The predicted molar refractivity (Wildman–Crippen MR) is 33.4 cm³/mol. The topological polar surface area (TPSA) is 56.7 Å². The van der Waals surface area contributed by atoms with Crippen LogP contribution in [0.15, 0.2) is 6.20 Å². The second-order valence-electron chi connectivity index (χ2n) is 1.32. The summed E-state index contributed by atoms with van der Waals surface area (Å²) in [4.78, 5) is 0. The molecule has 5 heteroatoms. The Morgan fingerprint density at radius 3 is 2.88 bits per heavy atom. The van der Waals surface area contributed by atoms with Gasteiger partial charge in [-0.05, 0) is 0 Å². The molecule has 0 unspecified atom stereocenters. The molecule has 0 bridgehead atoms. The molecule has 4 nitrogen and oxygen atoms in total. The van der Waals surface area contributed by atoms with Crippen LogP contribution in [0.5, 0.6) is 0 Å². The summed E-state index contributed by atoms with van der Waals surface area (Å²) in [6.07, 6.45) is 1.62. The van der Waals surface area contributed by atoms with Crippen LogP contribution in [-0.2, 0) is 5.88 Å². The van der Waals surface area contributed by atoms with Crippen LogP contribution in [0.25, 0.3) is 0 Å². The van der Waals surface area contributed by atoms with Crippen LogP contribution in [0, 0.1) is 0 Å². The number of hydrogen-bond acceptors (Lipinski definition) is 4. The summed E-state index contributed by atoms with van der Waals surface area (Å²) in [5.74, 6) is 0.948. The van der Waals surface area contributed by atoms with E-state index in [1.165, 1.54) is 0 Å². The second kappa shape index (κ2) is 2.04. The Labute approximate surface area is 52.1 Å². The zero-order valence-corrected chi connectivity index (χ0v) is 5.05. The van der Waals surface area contributed by atoms with Crippen molar-refractivity contribution in [1.29, 1.82) is 0 Å². The lowest BCUT2D eigenvalue weighted by atomic mass is 10.8. The number of rotatable bonds is 1. The first kappa shape index (κ1) is 5.43. The Bertz CT molecular complexity index is 172. The van der Waals surface area contributed by atoms with E-state index in [-0.39, 0.29) is 0 Å². The van der Waals surface area contributed by atoms with E-state index < -0.39 is 0 Å². The summed E-state index contributed by atoms with van der Waals surface area (Å²) in [5.41, 5.74) is 5.23. The smallest absolute Gasteiger partial charge is 0.165 e. The zero-order valence-electron chi connectivity index (χ0n) is 4.15. The van der Waals surface area contributed by atoms with Crippen LogP contribution in [0.2, 0.25) is 0 Å². The molecule has 1 aromatic rings. The van der Waals surface area contributed by atoms with Gasteiger partial charge in [0, 0.05) is 0 Å². The molecule has 0 aliphatic heterocycles. The van der Waals surface area contributed by atoms with Crippen molar-refractivity contribution >= 4 is 18.4 Å². The number of thiol groups is 1. The minimum Gasteiger partial charge on any atom is -0.381 e. The quantitative estimate of drug-likeness (QED) is 0.515. The van der Waals surface area contributed by atoms with Gasteiger partial charge in [-0.25, -0.2) is 4.68 Å². The molecule has 0 saturated carbocycles. The summed E-state index contributed by atoms with van der Waals surface area (Å²) in [7, 11) is 0. The average molecular weight is 130 g/mol. The minimum atomic E-state index is 0.430. The van der Waals surface area contributed by atoms with Crippen molar-refractivity contribution in [2.24, 2.45) is 0 Å². The number of aromatic nitrogens is 3. The number of nitrogens with zero attached hydrogens (tertiary/aromatic N) is 3. The molecule has 8 heavy (non-hydrogen) atoms. The van der Waals surface area contributed by atoms with Crippen molar-refractivity contribution in [2.75, 3.05) is 5.73 Å². The van der Waals surface area contributed by atoms with Gasteiger partial charge in [-0.2, -0.15) is 12.6 Å². The standard InChI is InChI=1S/C3H6N4S/c4-3-1-7(2-8)6-5-3/h1,8H,2,4H2. The Morgan fingerprint density at radius 2 is 2.62 bits per heavy atom. The lowest BCUT2D eigenvalue weighted by molar-refractivity contribution is 0.704. The van der Waals surface area contributed by atoms with E-state index in [9.17, 15) is 0 Å². The summed E-state index contributed by atoms with van der Waals surface area (Å²) >= 11 is 3.93. The molecule has 0 atom stereocenters. The van der Waals surface area contributed by atoms with E-state index in [2.05, 4.69) is 22.9 Å². The molecule has 0 aliphatic carbocycles. The highest BCUT2D eigenvalue weighted by molar-refractivity contribution is 7.79. The fourth-order valence-corrected chi connectivity index (χ4v) is 0.521. The largest absolute Gasteiger partial charge is 0.381 e. The molecule has 1 rings (SSSR count). The van der Waals surface area contributed by atoms with Gasteiger partial charge in [-0.15, -0.1) is 5.10 Å². The van der Waals surface area contributed by atoms with Gasteiger partial charge in [0.1, 0.15) is 0 Å². The van der Waals surface area contributed by atoms with E-state index >= 15 is 0 Å². The van der Waals surface area contributed by atoms with Crippen molar-refractivity contribution < 1.29 is 0 Å². The molecule has 44 valence electrons. The summed E-state index contributed by atoms with van der Waals surface area (Å²) < 4.78 is 1.54. The second-order valence-corrected chi connectivity index (χ2v) is 1.61. The first-order valence-electron chi connectivity index (χ1n) is 2.09. The molecule has 0 fully saturated rings. The minimum absolute atomic E-state index is 0.430. The highest BCUT2D eigenvalue weighted by Crippen LogP contribution is 1.92. The van der Waals surface area contributed by atoms with E-state index in [1.807, 2.05) is 0 Å². The lowest BCUT2D eigenvalue weighted by Crippen LogP contribution is -1.91. The molecule has 1 heterocycles. The van der Waals surface area contributed by atoms with Crippen LogP contribution in [-0.4, -0.2) is 15.0 Å². The van der Waals surface area contributed by atoms with Crippen LogP contribution < -0.4 is 5.73 Å². The monoisotopic (exact) mass is 130 g/mol. The van der Waals surface area contributed by atoms with Gasteiger partial charge in [0.05, 0.1) is 12.1 Å². The SMILES string of the molecule is Nc1cn(CS)nn1. The maximum Gasteiger partial charge on any atom is 0.165 e. The highest BCUT2D eigenvalue weighted by Gasteiger charge is 1.89. The molecule has 0 saturated heterocycles. The third-order valence-corrected chi connectivity index (χ3v) is 0.991. The van der Waals surface area contributed by atoms with Crippen LogP contribution in [0.1, 0.15) is 0 Å². The fourth-order valence-electron chi connectivity index (χ4n) is 0.383. The molecule has 1 aromatic heterocycles. The van der Waals surface area contributed by atoms with Gasteiger partial charge < -0.3 is 5.73 Å². The third kappa shape index (κ3) is 0.919. The van der Waals surface area contributed by atoms with Crippen molar-refractivity contribution in [1.82, 2.24) is 15.0 Å². The van der Waals surface area contributed by atoms with Gasteiger partial charge >= 0.3 is 0 Å². The van der Waals surface area contributed by atoms with Crippen molar-refractivity contribution in [3.63, 3.8) is 0 Å². The zero-order chi connectivity index (χ0) is 5.98. The maximum absolute atomic E-state index is 5.23. The average Bonchev–Trinajstić information content (AvgIpc) is 2.14. The van der Waals surface area contributed by atoms with Crippen LogP contribution in [0.4, 0.5) is 5.82 Å². The van der Waals surface area contributed by atoms with Crippen molar-refractivity contribution in [3.05, 3.63) is 6.20 Å². The Kier molecular flexibility index (Phi) is 1.38. The maximum atomic E-state index is 5.23. The van der Waals surface area contributed by atoms with Gasteiger partial charge in [-0.1, -0.05) is 5.21 Å². The molecule has 0 aliphatic rings. The number of nitrogen functional groups attached to an aromatic ring is 1. The number of anilines is 1. The summed E-state index contributed by atoms with van der Waals surface area (Å²) in [6.45, 7) is 0. The van der Waals surface area contributed by atoms with E-state index in [0.717, 1.165) is 0 Å². The molecular formula is C3H6N4S. The van der Waals surface area contributed by atoms with Gasteiger partial charge in [0.2, 0.25) is 0 Å². The summed E-state index contributed by atoms with van der Waals surface area (Å²) in [5, 5.41) is 7.13. The highest BCUT2D eigenvalue weighted by atomic mass is 32.1. The molecule has 2 N–H and O–H groups in total. The first-order valence-corrected chi connectivity index (χ1v) is 2.72. The van der Waals surface area contributed by atoms with Crippen molar-refractivity contribution in [2.45, 2.75) is 5.88 Å². The Hall–Kier alpha value is -0.710. The molecule has 0 spiro atoms. The molecule has 0 amide bonds. The third-order valence-electron chi connectivity index (χ3n) is 0.701. The predicted octanol–water partition coefficient (Wildman–Crippen LogP) is -0.252. The first-order chi connectivity index (χ1) is 3.83. The molecule has 0 aromatic carbocycles. The number of nitrogens with two attached hydrogens (primary N) is 1. The summed E-state index contributed by atoms with van der Waals surface area (Å²) in [6, 6.07) is 0. The number of hydrogen-bond donors (Lipinski definition) is 2. The van der Waals surface area contributed by atoms with Gasteiger partial charge in [0.15, 0.2) is 5.82 Å². The van der Waals surface area contributed by atoms with Crippen molar-refractivity contribution in [3.8, 4) is 0 Å². The lowest BCUT2D eigenvalue weighted by Gasteiger charge is -1.84. The van der Waals surface area contributed by atoms with E-state index in [4.69, 9.17) is 5.73 Å². The van der Waals surface area contributed by atoms with Crippen LogP contribution in [0.3, 0.4) is 0 Å². The molecule has 0 radical (unpaired) electrons. The van der Waals surface area contributed by atoms with Gasteiger partial charge in [-0.3, -0.25) is 0 Å². The van der Waals surface area contributed by atoms with E-state index in [1.54, 1.807) is 10.9 Å². The van der Waals surface area contributed by atoms with Gasteiger partial charge in [0.25, 0.3) is 0 Å². The Morgan fingerprint density at radius 1 is 1.88 bits per heavy atom. The van der Waals surface area contributed by atoms with E-state index in [0.29, 0.717) is 11.7 Å². The normalized spacial score (nSPS) is 9.62.